The molecule has 2 aromatic carbocycles. The molecule has 0 saturated carbocycles. The fourth-order valence-electron chi connectivity index (χ4n) is 2.34. The Kier molecular flexibility index (Phi) is 2.68. The molecule has 0 aromatic heterocycles. The topological polar surface area (TPSA) is 69.6 Å². The van der Waals surface area contributed by atoms with Crippen LogP contribution in [-0.2, 0) is 0 Å². The van der Waals surface area contributed by atoms with Gasteiger partial charge in [-0.2, -0.15) is 0 Å². The summed E-state index contributed by atoms with van der Waals surface area (Å²) in [5, 5.41) is 11.8. The largest absolute Gasteiger partial charge is 0.478 e. The monoisotopic (exact) mass is 268 g/mol. The molecule has 0 aliphatic carbocycles. The van der Waals surface area contributed by atoms with Gasteiger partial charge in [0.25, 0.3) is 5.91 Å². The van der Waals surface area contributed by atoms with E-state index in [1.165, 1.54) is 12.1 Å². The van der Waals surface area contributed by atoms with E-state index in [1.807, 2.05) is 24.1 Å². The SMILES string of the molecule is CN1c2ccc(C(=O)O)cc2NC(=O)c2ccccc21. The Hall–Kier alpha value is -2.82. The summed E-state index contributed by atoms with van der Waals surface area (Å²) < 4.78 is 0. The molecule has 1 heterocycles. The minimum absolute atomic E-state index is 0.142. The second kappa shape index (κ2) is 4.38. The van der Waals surface area contributed by atoms with Gasteiger partial charge in [-0.3, -0.25) is 4.79 Å². The number of hydrogen-bond acceptors (Lipinski definition) is 3. The van der Waals surface area contributed by atoms with Crippen molar-refractivity contribution in [2.75, 3.05) is 17.3 Å². The molecule has 0 atom stereocenters. The van der Waals surface area contributed by atoms with Crippen molar-refractivity contribution in [2.24, 2.45) is 0 Å². The van der Waals surface area contributed by atoms with E-state index in [9.17, 15) is 9.59 Å². The molecular formula is C15H12N2O3. The first-order valence-electron chi connectivity index (χ1n) is 6.09. The predicted octanol–water partition coefficient (Wildman–Crippen LogP) is 2.72. The molecule has 1 aliphatic rings. The van der Waals surface area contributed by atoms with Crippen LogP contribution in [-0.4, -0.2) is 24.0 Å². The molecule has 2 aromatic rings. The van der Waals surface area contributed by atoms with Gasteiger partial charge in [-0.05, 0) is 30.3 Å². The van der Waals surface area contributed by atoms with Crippen LogP contribution < -0.4 is 10.2 Å². The molecule has 0 bridgehead atoms. The fraction of sp³-hybridized carbons (Fsp3) is 0.0667. The number of nitrogens with one attached hydrogen (secondary N) is 1. The number of rotatable bonds is 1. The number of nitrogens with zero attached hydrogens (tertiary/aromatic N) is 1. The van der Waals surface area contributed by atoms with Gasteiger partial charge in [0, 0.05) is 7.05 Å². The minimum atomic E-state index is -1.02. The second-order valence-electron chi connectivity index (χ2n) is 4.57. The first kappa shape index (κ1) is 12.2. The highest BCUT2D eigenvalue weighted by Gasteiger charge is 2.23. The third-order valence-electron chi connectivity index (χ3n) is 3.36. The number of carbonyl (C=O) groups is 2. The minimum Gasteiger partial charge on any atom is -0.478 e. The lowest BCUT2D eigenvalue weighted by Crippen LogP contribution is -2.11. The van der Waals surface area contributed by atoms with Crippen molar-refractivity contribution in [2.45, 2.75) is 0 Å². The summed E-state index contributed by atoms with van der Waals surface area (Å²) in [6.45, 7) is 0. The standard InChI is InChI=1S/C15H12N2O3/c1-17-12-5-3-2-4-10(12)14(18)16-11-8-9(15(19)20)6-7-13(11)17/h2-8H,1H3,(H,16,18)(H,19,20). The van der Waals surface area contributed by atoms with E-state index in [-0.39, 0.29) is 11.5 Å². The third-order valence-corrected chi connectivity index (χ3v) is 3.36. The molecule has 2 N–H and O–H groups in total. The lowest BCUT2D eigenvalue weighted by Gasteiger charge is -2.20. The molecule has 1 amide bonds. The molecule has 0 radical (unpaired) electrons. The molecule has 5 heteroatoms. The van der Waals surface area contributed by atoms with Crippen LogP contribution in [0.3, 0.4) is 0 Å². The molecule has 1 aliphatic heterocycles. The van der Waals surface area contributed by atoms with E-state index in [1.54, 1.807) is 18.2 Å². The zero-order valence-electron chi connectivity index (χ0n) is 10.8. The smallest absolute Gasteiger partial charge is 0.335 e. The van der Waals surface area contributed by atoms with Crippen LogP contribution in [0.25, 0.3) is 0 Å². The quantitative estimate of drug-likeness (QED) is 0.834. The first-order chi connectivity index (χ1) is 9.58. The Morgan fingerprint density at radius 1 is 1.15 bits per heavy atom. The normalized spacial score (nSPS) is 13.1. The van der Waals surface area contributed by atoms with Gasteiger partial charge < -0.3 is 15.3 Å². The summed E-state index contributed by atoms with van der Waals surface area (Å²) in [5.74, 6) is -1.26. The predicted molar refractivity (Wildman–Crippen MR) is 75.9 cm³/mol. The summed E-state index contributed by atoms with van der Waals surface area (Å²) in [4.78, 5) is 25.1. The van der Waals surface area contributed by atoms with Crippen molar-refractivity contribution in [3.63, 3.8) is 0 Å². The Morgan fingerprint density at radius 3 is 2.65 bits per heavy atom. The Bertz CT molecular complexity index is 725. The maximum atomic E-state index is 12.2. The van der Waals surface area contributed by atoms with Crippen LogP contribution in [0.5, 0.6) is 0 Å². The van der Waals surface area contributed by atoms with Gasteiger partial charge in [0.1, 0.15) is 0 Å². The summed E-state index contributed by atoms with van der Waals surface area (Å²) in [7, 11) is 1.85. The van der Waals surface area contributed by atoms with Crippen LogP contribution in [0.4, 0.5) is 17.1 Å². The number of fused-ring (bicyclic) bond motifs is 2. The molecule has 100 valence electrons. The molecule has 0 saturated heterocycles. The summed E-state index contributed by atoms with van der Waals surface area (Å²) >= 11 is 0. The lowest BCUT2D eigenvalue weighted by atomic mass is 10.1. The van der Waals surface area contributed by atoms with E-state index in [2.05, 4.69) is 5.32 Å². The van der Waals surface area contributed by atoms with Gasteiger partial charge >= 0.3 is 5.97 Å². The number of para-hydroxylation sites is 1. The van der Waals surface area contributed by atoms with E-state index < -0.39 is 5.97 Å². The van der Waals surface area contributed by atoms with E-state index in [4.69, 9.17) is 5.11 Å². The van der Waals surface area contributed by atoms with E-state index in [0.717, 1.165) is 11.4 Å². The van der Waals surface area contributed by atoms with Crippen LogP contribution in [0.15, 0.2) is 42.5 Å². The number of anilines is 3. The van der Waals surface area contributed by atoms with Crippen LogP contribution in [0, 0.1) is 0 Å². The van der Waals surface area contributed by atoms with Gasteiger partial charge in [0.05, 0.1) is 28.2 Å². The van der Waals surface area contributed by atoms with Gasteiger partial charge in [-0.1, -0.05) is 12.1 Å². The third kappa shape index (κ3) is 1.80. The van der Waals surface area contributed by atoms with Crippen molar-refractivity contribution in [3.05, 3.63) is 53.6 Å². The number of amides is 1. The molecule has 20 heavy (non-hydrogen) atoms. The Balaban J connectivity index is 2.19. The van der Waals surface area contributed by atoms with Crippen molar-refractivity contribution in [3.8, 4) is 0 Å². The van der Waals surface area contributed by atoms with Crippen molar-refractivity contribution in [1.82, 2.24) is 0 Å². The number of benzene rings is 2. The molecular weight excluding hydrogens is 256 g/mol. The molecule has 3 rings (SSSR count). The Morgan fingerprint density at radius 2 is 1.90 bits per heavy atom. The van der Waals surface area contributed by atoms with Gasteiger partial charge in [-0.25, -0.2) is 4.79 Å². The molecule has 0 unspecified atom stereocenters. The number of carboxylic acid groups (broad SMARTS) is 1. The van der Waals surface area contributed by atoms with Crippen LogP contribution in [0.1, 0.15) is 20.7 Å². The molecule has 0 spiro atoms. The zero-order chi connectivity index (χ0) is 14.3. The fourth-order valence-corrected chi connectivity index (χ4v) is 2.34. The van der Waals surface area contributed by atoms with Crippen molar-refractivity contribution >= 4 is 28.9 Å². The summed E-state index contributed by atoms with van der Waals surface area (Å²) in [6, 6.07) is 11.9. The van der Waals surface area contributed by atoms with Crippen molar-refractivity contribution < 1.29 is 14.7 Å². The number of carbonyl (C=O) groups excluding carboxylic acids is 1. The van der Waals surface area contributed by atoms with Gasteiger partial charge in [0.15, 0.2) is 0 Å². The highest BCUT2D eigenvalue weighted by molar-refractivity contribution is 6.12. The van der Waals surface area contributed by atoms with E-state index in [0.29, 0.717) is 11.3 Å². The average Bonchev–Trinajstić information content (AvgIpc) is 2.55. The summed E-state index contributed by atoms with van der Waals surface area (Å²) in [6.07, 6.45) is 0. The second-order valence-corrected chi connectivity index (χ2v) is 4.57. The summed E-state index contributed by atoms with van der Waals surface area (Å²) in [5.41, 5.74) is 2.74. The zero-order valence-corrected chi connectivity index (χ0v) is 10.8. The van der Waals surface area contributed by atoms with Gasteiger partial charge in [0.2, 0.25) is 0 Å². The maximum absolute atomic E-state index is 12.2. The molecule has 0 fully saturated rings. The van der Waals surface area contributed by atoms with Crippen molar-refractivity contribution in [1.29, 1.82) is 0 Å². The Labute approximate surface area is 115 Å². The highest BCUT2D eigenvalue weighted by atomic mass is 16.4. The first-order valence-corrected chi connectivity index (χ1v) is 6.09. The molecule has 5 nitrogen and oxygen atoms in total. The number of aromatic carboxylic acids is 1. The lowest BCUT2D eigenvalue weighted by molar-refractivity contribution is 0.0696. The highest BCUT2D eigenvalue weighted by Crippen LogP contribution is 2.36. The van der Waals surface area contributed by atoms with Crippen LogP contribution in [0.2, 0.25) is 0 Å². The number of hydrogen-bond donors (Lipinski definition) is 2. The number of carboxylic acids is 1. The maximum Gasteiger partial charge on any atom is 0.335 e. The van der Waals surface area contributed by atoms with Gasteiger partial charge in [-0.15, -0.1) is 0 Å². The average molecular weight is 268 g/mol. The van der Waals surface area contributed by atoms with E-state index >= 15 is 0 Å². The van der Waals surface area contributed by atoms with Crippen LogP contribution >= 0.6 is 0 Å².